The predicted molar refractivity (Wildman–Crippen MR) is 97.6 cm³/mol. The van der Waals surface area contributed by atoms with Crippen molar-refractivity contribution in [1.29, 1.82) is 0 Å². The van der Waals surface area contributed by atoms with E-state index >= 15 is 0 Å². The van der Waals surface area contributed by atoms with E-state index in [-0.39, 0.29) is 24.5 Å². The molecular formula is C19H25N3O5. The van der Waals surface area contributed by atoms with Crippen molar-refractivity contribution in [2.45, 2.75) is 44.2 Å². The highest BCUT2D eigenvalue weighted by Gasteiger charge is 2.27. The number of likely N-dealkylation sites (tertiary alicyclic amines) is 1. The molecule has 2 atom stereocenters. The fraction of sp³-hybridized carbons (Fsp3) is 0.526. The van der Waals surface area contributed by atoms with Crippen LogP contribution in [0.5, 0.6) is 5.75 Å². The van der Waals surface area contributed by atoms with Crippen LogP contribution < -0.4 is 15.4 Å². The number of hydrogen-bond acceptors (Lipinski definition) is 5. The van der Waals surface area contributed by atoms with Gasteiger partial charge < -0.3 is 25.4 Å². The predicted octanol–water partition coefficient (Wildman–Crippen LogP) is 1.15. The van der Waals surface area contributed by atoms with Gasteiger partial charge in [-0.05, 0) is 49.9 Å². The molecule has 2 fully saturated rings. The van der Waals surface area contributed by atoms with Crippen molar-refractivity contribution in [1.82, 2.24) is 15.5 Å². The van der Waals surface area contributed by atoms with E-state index in [0.29, 0.717) is 18.8 Å². The van der Waals surface area contributed by atoms with Crippen molar-refractivity contribution in [3.8, 4) is 5.75 Å². The summed E-state index contributed by atoms with van der Waals surface area (Å²) in [5, 5.41) is 15.1. The Morgan fingerprint density at radius 1 is 1.19 bits per heavy atom. The molecule has 1 aromatic carbocycles. The fourth-order valence-corrected chi connectivity index (χ4v) is 3.38. The van der Waals surface area contributed by atoms with Gasteiger partial charge in [0.1, 0.15) is 11.8 Å². The number of carbonyl (C=O) groups is 3. The van der Waals surface area contributed by atoms with E-state index in [1.54, 1.807) is 29.2 Å². The van der Waals surface area contributed by atoms with Crippen LogP contribution in [0.3, 0.4) is 0 Å². The summed E-state index contributed by atoms with van der Waals surface area (Å²) in [5.41, 5.74) is 0.739. The van der Waals surface area contributed by atoms with Crippen LogP contribution >= 0.6 is 0 Å². The zero-order chi connectivity index (χ0) is 19.2. The SMILES string of the molecule is O=C(O)C(Cc1ccc(OC(=O)N2CCCC2)cc1)NC(=O)[C@@H]1CCCN1. The van der Waals surface area contributed by atoms with Gasteiger partial charge in [-0.3, -0.25) is 4.79 Å². The number of carbonyl (C=O) groups excluding carboxylic acids is 2. The summed E-state index contributed by atoms with van der Waals surface area (Å²) in [5.74, 6) is -0.941. The number of nitrogens with zero attached hydrogens (tertiary/aromatic N) is 1. The molecule has 27 heavy (non-hydrogen) atoms. The molecule has 0 saturated carbocycles. The average molecular weight is 375 g/mol. The minimum atomic E-state index is -1.08. The lowest BCUT2D eigenvalue weighted by Crippen LogP contribution is -2.49. The van der Waals surface area contributed by atoms with Crippen LogP contribution in [-0.4, -0.2) is 59.7 Å². The van der Waals surface area contributed by atoms with Crippen LogP contribution in [0.4, 0.5) is 4.79 Å². The molecule has 146 valence electrons. The maximum absolute atomic E-state index is 12.2. The molecule has 2 saturated heterocycles. The van der Waals surface area contributed by atoms with Gasteiger partial charge in [0.2, 0.25) is 5.91 Å². The number of amides is 2. The van der Waals surface area contributed by atoms with Crippen molar-refractivity contribution in [2.75, 3.05) is 19.6 Å². The zero-order valence-electron chi connectivity index (χ0n) is 15.1. The van der Waals surface area contributed by atoms with Gasteiger partial charge in [-0.25, -0.2) is 9.59 Å². The molecule has 0 aliphatic carbocycles. The first-order valence-corrected chi connectivity index (χ1v) is 9.35. The fourth-order valence-electron chi connectivity index (χ4n) is 3.38. The number of benzene rings is 1. The Hall–Kier alpha value is -2.61. The van der Waals surface area contributed by atoms with E-state index in [1.807, 2.05) is 0 Å². The quantitative estimate of drug-likeness (QED) is 0.688. The summed E-state index contributed by atoms with van der Waals surface area (Å²) < 4.78 is 5.33. The third kappa shape index (κ3) is 5.19. The van der Waals surface area contributed by atoms with E-state index in [2.05, 4.69) is 10.6 Å². The number of hydrogen-bond donors (Lipinski definition) is 3. The number of nitrogens with one attached hydrogen (secondary N) is 2. The Balaban J connectivity index is 1.55. The highest BCUT2D eigenvalue weighted by molar-refractivity contribution is 5.87. The van der Waals surface area contributed by atoms with E-state index < -0.39 is 12.0 Å². The van der Waals surface area contributed by atoms with Crippen LogP contribution in [0.2, 0.25) is 0 Å². The van der Waals surface area contributed by atoms with Gasteiger partial charge in [-0.2, -0.15) is 0 Å². The van der Waals surface area contributed by atoms with Crippen LogP contribution in [0, 0.1) is 0 Å². The summed E-state index contributed by atoms with van der Waals surface area (Å²) in [6.45, 7) is 2.20. The molecule has 0 aromatic heterocycles. The third-order valence-corrected chi connectivity index (χ3v) is 4.92. The Labute approximate surface area is 157 Å². The van der Waals surface area contributed by atoms with Crippen LogP contribution in [0.25, 0.3) is 0 Å². The Kier molecular flexibility index (Phi) is 6.28. The van der Waals surface area contributed by atoms with Gasteiger partial charge in [0, 0.05) is 19.5 Å². The molecule has 3 N–H and O–H groups in total. The lowest BCUT2D eigenvalue weighted by molar-refractivity contribution is -0.142. The van der Waals surface area contributed by atoms with Crippen molar-refractivity contribution in [3.63, 3.8) is 0 Å². The van der Waals surface area contributed by atoms with Gasteiger partial charge >= 0.3 is 12.1 Å². The number of aliphatic carboxylic acids is 1. The zero-order valence-corrected chi connectivity index (χ0v) is 15.1. The Bertz CT molecular complexity index is 679. The van der Waals surface area contributed by atoms with Crippen molar-refractivity contribution in [3.05, 3.63) is 29.8 Å². The second-order valence-corrected chi connectivity index (χ2v) is 6.96. The number of ether oxygens (including phenoxy) is 1. The number of carboxylic acid groups (broad SMARTS) is 1. The van der Waals surface area contributed by atoms with Gasteiger partial charge in [0.05, 0.1) is 6.04 Å². The standard InChI is InChI=1S/C19H25N3O5/c23-17(15-4-3-9-20-15)21-16(18(24)25)12-13-5-7-14(8-6-13)27-19(26)22-10-1-2-11-22/h5-8,15-16,20H,1-4,9-12H2,(H,21,23)(H,24,25)/t15-,16?/m0/s1. The van der Waals surface area contributed by atoms with Crippen molar-refractivity contribution in [2.24, 2.45) is 0 Å². The van der Waals surface area contributed by atoms with Gasteiger partial charge in [-0.1, -0.05) is 12.1 Å². The highest BCUT2D eigenvalue weighted by Crippen LogP contribution is 2.17. The molecule has 1 unspecified atom stereocenters. The summed E-state index contributed by atoms with van der Waals surface area (Å²) in [6, 6.07) is 5.38. The first-order valence-electron chi connectivity index (χ1n) is 9.35. The van der Waals surface area contributed by atoms with Crippen LogP contribution in [0.15, 0.2) is 24.3 Å². The minimum absolute atomic E-state index is 0.161. The second kappa shape index (κ2) is 8.85. The Morgan fingerprint density at radius 3 is 2.48 bits per heavy atom. The minimum Gasteiger partial charge on any atom is -0.480 e. The molecule has 2 amide bonds. The van der Waals surface area contributed by atoms with Gasteiger partial charge in [0.15, 0.2) is 0 Å². The largest absolute Gasteiger partial charge is 0.480 e. The molecular weight excluding hydrogens is 350 g/mol. The molecule has 8 heteroatoms. The molecule has 0 bridgehead atoms. The molecule has 1 aromatic rings. The summed E-state index contributed by atoms with van der Waals surface area (Å²) in [4.78, 5) is 37.3. The molecule has 0 radical (unpaired) electrons. The van der Waals surface area contributed by atoms with Gasteiger partial charge in [-0.15, -0.1) is 0 Å². The maximum Gasteiger partial charge on any atom is 0.415 e. The monoisotopic (exact) mass is 375 g/mol. The third-order valence-electron chi connectivity index (χ3n) is 4.92. The normalized spacial score (nSPS) is 20.3. The highest BCUT2D eigenvalue weighted by atomic mass is 16.6. The Morgan fingerprint density at radius 2 is 1.89 bits per heavy atom. The molecule has 2 aliphatic heterocycles. The summed E-state index contributed by atoms with van der Waals surface area (Å²) in [7, 11) is 0. The van der Waals surface area contributed by atoms with E-state index in [0.717, 1.165) is 37.8 Å². The van der Waals surface area contributed by atoms with Crippen molar-refractivity contribution >= 4 is 18.0 Å². The number of rotatable bonds is 6. The molecule has 3 rings (SSSR count). The van der Waals surface area contributed by atoms with E-state index in [4.69, 9.17) is 4.74 Å². The lowest BCUT2D eigenvalue weighted by Gasteiger charge is -2.18. The molecule has 2 heterocycles. The summed E-state index contributed by atoms with van der Waals surface area (Å²) in [6.07, 6.45) is 3.41. The lowest BCUT2D eigenvalue weighted by atomic mass is 10.1. The first-order chi connectivity index (χ1) is 13.0. The average Bonchev–Trinajstić information content (AvgIpc) is 3.36. The second-order valence-electron chi connectivity index (χ2n) is 6.96. The van der Waals surface area contributed by atoms with E-state index in [9.17, 15) is 19.5 Å². The maximum atomic E-state index is 12.2. The van der Waals surface area contributed by atoms with Crippen LogP contribution in [0.1, 0.15) is 31.2 Å². The van der Waals surface area contributed by atoms with Crippen LogP contribution in [-0.2, 0) is 16.0 Å². The molecule has 0 spiro atoms. The molecule has 2 aliphatic rings. The first kappa shape index (κ1) is 19.2. The number of carboxylic acids is 1. The smallest absolute Gasteiger partial charge is 0.415 e. The van der Waals surface area contributed by atoms with Gasteiger partial charge in [0.25, 0.3) is 0 Å². The molecule has 8 nitrogen and oxygen atoms in total. The summed E-state index contributed by atoms with van der Waals surface area (Å²) >= 11 is 0. The van der Waals surface area contributed by atoms with Crippen molar-refractivity contribution < 1.29 is 24.2 Å². The topological polar surface area (TPSA) is 108 Å². The van der Waals surface area contributed by atoms with E-state index in [1.165, 1.54) is 0 Å².